The second-order valence-electron chi connectivity index (χ2n) is 5.98. The first-order valence-corrected chi connectivity index (χ1v) is 9.17. The maximum absolute atomic E-state index is 9.08. The van der Waals surface area contributed by atoms with Crippen molar-refractivity contribution in [3.05, 3.63) is 64.8 Å². The van der Waals surface area contributed by atoms with Crippen LogP contribution in [0, 0.1) is 6.57 Å². The van der Waals surface area contributed by atoms with E-state index in [1.165, 1.54) is 11.3 Å². The van der Waals surface area contributed by atoms with E-state index in [4.69, 9.17) is 16.1 Å². The van der Waals surface area contributed by atoms with Gasteiger partial charge in [-0.2, -0.15) is 0 Å². The Morgan fingerprint density at radius 3 is 2.89 bits per heavy atom. The molecule has 0 fully saturated rings. The van der Waals surface area contributed by atoms with Gasteiger partial charge in [0.2, 0.25) is 11.6 Å². The second-order valence-corrected chi connectivity index (χ2v) is 7.01. The van der Waals surface area contributed by atoms with E-state index in [0.29, 0.717) is 28.7 Å². The summed E-state index contributed by atoms with van der Waals surface area (Å²) in [4.78, 5) is 14.5. The summed E-state index contributed by atoms with van der Waals surface area (Å²) in [7, 11) is 1.90. The fourth-order valence-electron chi connectivity index (χ4n) is 2.75. The SMILES string of the molecule is [C-]#[N+]/C(=C\c1nc2ccc(N(C)CCO)cc2o1)c1nc2ccccc2s1. The monoisotopic (exact) mass is 376 g/mol. The zero-order valence-corrected chi connectivity index (χ0v) is 15.4. The highest BCUT2D eigenvalue weighted by molar-refractivity contribution is 7.19. The fourth-order valence-corrected chi connectivity index (χ4v) is 3.68. The van der Waals surface area contributed by atoms with Crippen LogP contribution in [0.1, 0.15) is 10.9 Å². The predicted molar refractivity (Wildman–Crippen MR) is 108 cm³/mol. The van der Waals surface area contributed by atoms with Gasteiger partial charge in [0.25, 0.3) is 0 Å². The lowest BCUT2D eigenvalue weighted by molar-refractivity contribution is 0.304. The maximum atomic E-state index is 9.08. The number of fused-ring (bicyclic) bond motifs is 2. The molecule has 4 rings (SSSR count). The van der Waals surface area contributed by atoms with Gasteiger partial charge >= 0.3 is 0 Å². The number of aliphatic hydroxyl groups is 1. The second kappa shape index (κ2) is 7.19. The van der Waals surface area contributed by atoms with Crippen LogP contribution in [0.4, 0.5) is 5.69 Å². The molecule has 0 spiro atoms. The molecule has 4 aromatic rings. The molecule has 0 aliphatic heterocycles. The summed E-state index contributed by atoms with van der Waals surface area (Å²) in [6.07, 6.45) is 1.63. The molecule has 0 radical (unpaired) electrons. The molecule has 134 valence electrons. The smallest absolute Gasteiger partial charge is 0.227 e. The van der Waals surface area contributed by atoms with Crippen molar-refractivity contribution in [1.82, 2.24) is 9.97 Å². The maximum Gasteiger partial charge on any atom is 0.227 e. The first kappa shape index (κ1) is 17.2. The summed E-state index contributed by atoms with van der Waals surface area (Å²) in [5.74, 6) is 0.372. The minimum Gasteiger partial charge on any atom is -0.438 e. The van der Waals surface area contributed by atoms with Crippen LogP contribution in [0.2, 0.25) is 0 Å². The van der Waals surface area contributed by atoms with Gasteiger partial charge in [-0.3, -0.25) is 0 Å². The van der Waals surface area contributed by atoms with Crippen molar-refractivity contribution in [3.8, 4) is 0 Å². The molecule has 0 amide bonds. The third-order valence-electron chi connectivity index (χ3n) is 4.16. The molecular weight excluding hydrogens is 360 g/mol. The highest BCUT2D eigenvalue weighted by atomic mass is 32.1. The van der Waals surface area contributed by atoms with Gasteiger partial charge in [-0.05, 0) is 24.3 Å². The van der Waals surface area contributed by atoms with E-state index in [-0.39, 0.29) is 6.61 Å². The third kappa shape index (κ3) is 3.40. The lowest BCUT2D eigenvalue weighted by Crippen LogP contribution is -2.20. The molecule has 0 saturated carbocycles. The van der Waals surface area contributed by atoms with Gasteiger partial charge in [-0.15, -0.1) is 11.3 Å². The van der Waals surface area contributed by atoms with Crippen LogP contribution in [0.3, 0.4) is 0 Å². The first-order chi connectivity index (χ1) is 13.2. The van der Waals surface area contributed by atoms with E-state index >= 15 is 0 Å². The quantitative estimate of drug-likeness (QED) is 0.527. The van der Waals surface area contributed by atoms with Crippen LogP contribution in [-0.2, 0) is 0 Å². The van der Waals surface area contributed by atoms with Crippen molar-refractivity contribution in [2.75, 3.05) is 25.1 Å². The lowest BCUT2D eigenvalue weighted by Gasteiger charge is -2.17. The number of benzene rings is 2. The van der Waals surface area contributed by atoms with Crippen LogP contribution in [0.25, 0.3) is 37.9 Å². The minimum atomic E-state index is 0.0788. The van der Waals surface area contributed by atoms with E-state index in [1.54, 1.807) is 6.08 Å². The van der Waals surface area contributed by atoms with E-state index < -0.39 is 0 Å². The number of rotatable bonds is 5. The lowest BCUT2D eigenvalue weighted by atomic mass is 10.2. The Bertz CT molecular complexity index is 1150. The molecule has 27 heavy (non-hydrogen) atoms. The normalized spacial score (nSPS) is 11.8. The van der Waals surface area contributed by atoms with E-state index in [2.05, 4.69) is 14.8 Å². The van der Waals surface area contributed by atoms with Crippen molar-refractivity contribution >= 4 is 50.1 Å². The number of oxazole rings is 1. The molecule has 2 aromatic heterocycles. The Balaban J connectivity index is 1.70. The molecular formula is C20H16N4O2S. The number of aliphatic hydroxyl groups excluding tert-OH is 1. The van der Waals surface area contributed by atoms with E-state index in [1.807, 2.05) is 54.4 Å². The Labute approximate surface area is 159 Å². The number of hydrogen-bond acceptors (Lipinski definition) is 6. The molecule has 0 saturated heterocycles. The Hall–Kier alpha value is -3.21. The fraction of sp³-hybridized carbons (Fsp3) is 0.150. The standard InChI is InChI=1S/C20H16N4O2S/c1-21-16(20-23-15-5-3-4-6-18(15)27-20)12-19-22-14-8-7-13(11-17(14)26-19)24(2)9-10-25/h3-8,11-12,25H,9-10H2,2H3/b16-12-. The van der Waals surface area contributed by atoms with E-state index in [9.17, 15) is 0 Å². The number of thiazole rings is 1. The molecule has 1 N–H and O–H groups in total. The summed E-state index contributed by atoms with van der Waals surface area (Å²) in [6.45, 7) is 8.13. The number of nitrogens with zero attached hydrogens (tertiary/aromatic N) is 4. The number of aromatic nitrogens is 2. The highest BCUT2D eigenvalue weighted by Crippen LogP contribution is 2.30. The van der Waals surface area contributed by atoms with Gasteiger partial charge in [-0.25, -0.2) is 14.8 Å². The summed E-state index contributed by atoms with van der Waals surface area (Å²) < 4.78 is 6.86. The van der Waals surface area contributed by atoms with Gasteiger partial charge in [0.1, 0.15) is 10.5 Å². The average Bonchev–Trinajstić information content (AvgIpc) is 3.28. The van der Waals surface area contributed by atoms with Gasteiger partial charge in [0.05, 0.1) is 23.4 Å². The zero-order valence-electron chi connectivity index (χ0n) is 14.6. The van der Waals surface area contributed by atoms with Crippen molar-refractivity contribution < 1.29 is 9.52 Å². The zero-order chi connectivity index (χ0) is 18.8. The summed E-state index contributed by atoms with van der Waals surface area (Å²) in [5.41, 5.74) is 3.56. The van der Waals surface area contributed by atoms with Crippen molar-refractivity contribution in [1.29, 1.82) is 0 Å². The van der Waals surface area contributed by atoms with Crippen molar-refractivity contribution in [2.45, 2.75) is 0 Å². The van der Waals surface area contributed by atoms with Crippen LogP contribution >= 0.6 is 11.3 Å². The summed E-state index contributed by atoms with van der Waals surface area (Å²) in [6, 6.07) is 13.5. The van der Waals surface area contributed by atoms with Crippen molar-refractivity contribution in [2.24, 2.45) is 0 Å². The molecule has 0 aliphatic rings. The number of para-hydroxylation sites is 1. The van der Waals surface area contributed by atoms with Gasteiger partial charge in [0, 0.05) is 31.4 Å². The predicted octanol–water partition coefficient (Wildman–Crippen LogP) is 4.28. The number of likely N-dealkylation sites (N-methyl/N-ethyl adjacent to an activating group) is 1. The van der Waals surface area contributed by atoms with Crippen molar-refractivity contribution in [3.63, 3.8) is 0 Å². The molecule has 6 nitrogen and oxygen atoms in total. The number of anilines is 1. The number of hydrogen-bond donors (Lipinski definition) is 1. The van der Waals surface area contributed by atoms with Gasteiger partial charge < -0.3 is 14.4 Å². The summed E-state index contributed by atoms with van der Waals surface area (Å²) >= 11 is 1.47. The van der Waals surface area contributed by atoms with Crippen LogP contribution in [0.15, 0.2) is 46.9 Å². The third-order valence-corrected chi connectivity index (χ3v) is 5.22. The Kier molecular flexibility index (Phi) is 4.59. The Morgan fingerprint density at radius 2 is 2.11 bits per heavy atom. The van der Waals surface area contributed by atoms with Crippen LogP contribution in [0.5, 0.6) is 0 Å². The molecule has 2 aromatic carbocycles. The molecule has 0 unspecified atom stereocenters. The minimum absolute atomic E-state index is 0.0788. The van der Waals surface area contributed by atoms with E-state index in [0.717, 1.165) is 21.4 Å². The van der Waals surface area contributed by atoms with Crippen LogP contribution in [-0.4, -0.2) is 35.3 Å². The molecule has 0 atom stereocenters. The molecule has 0 bridgehead atoms. The van der Waals surface area contributed by atoms with Gasteiger partial charge in [0.15, 0.2) is 5.58 Å². The van der Waals surface area contributed by atoms with Gasteiger partial charge in [-0.1, -0.05) is 12.1 Å². The highest BCUT2D eigenvalue weighted by Gasteiger charge is 2.12. The topological polar surface area (TPSA) is 66.8 Å². The van der Waals surface area contributed by atoms with Crippen LogP contribution < -0.4 is 4.90 Å². The summed E-state index contributed by atoms with van der Waals surface area (Å²) in [5, 5.41) is 9.73. The largest absolute Gasteiger partial charge is 0.438 e. The first-order valence-electron chi connectivity index (χ1n) is 8.35. The molecule has 7 heteroatoms. The molecule has 2 heterocycles. The average molecular weight is 376 g/mol. The Morgan fingerprint density at radius 1 is 1.26 bits per heavy atom. The molecule has 0 aliphatic carbocycles.